The Morgan fingerprint density at radius 2 is 2.33 bits per heavy atom. The summed E-state index contributed by atoms with van der Waals surface area (Å²) < 4.78 is 0. The second-order valence-electron chi connectivity index (χ2n) is 3.53. The Kier molecular flexibility index (Phi) is 4.33. The molecule has 1 atom stereocenters. The summed E-state index contributed by atoms with van der Waals surface area (Å²) in [5, 5.41) is 3.12. The van der Waals surface area contributed by atoms with E-state index in [1.54, 1.807) is 0 Å². The second-order valence-corrected chi connectivity index (χ2v) is 3.53. The standard InChI is InChI=1S/C10H20N2/c1-11-8-5-7-10-6-3-4-9-12(10)2/h5,7,10-11H,3-4,6,8-9H2,1-2H3/b7-5-. The van der Waals surface area contributed by atoms with Crippen LogP contribution in [0.2, 0.25) is 0 Å². The highest BCUT2D eigenvalue weighted by molar-refractivity contribution is 4.96. The molecule has 1 aliphatic rings. The number of rotatable bonds is 3. The van der Waals surface area contributed by atoms with Gasteiger partial charge in [-0.1, -0.05) is 18.6 Å². The quantitative estimate of drug-likeness (QED) is 0.638. The lowest BCUT2D eigenvalue weighted by Gasteiger charge is -2.30. The molecule has 2 heteroatoms. The minimum Gasteiger partial charge on any atom is -0.316 e. The Bertz CT molecular complexity index is 143. The lowest BCUT2D eigenvalue weighted by Crippen LogP contribution is -2.34. The van der Waals surface area contributed by atoms with Crippen molar-refractivity contribution in [3.63, 3.8) is 0 Å². The number of hydrogen-bond donors (Lipinski definition) is 1. The topological polar surface area (TPSA) is 15.3 Å². The molecule has 0 aliphatic carbocycles. The van der Waals surface area contributed by atoms with E-state index in [1.165, 1.54) is 25.8 Å². The van der Waals surface area contributed by atoms with Gasteiger partial charge in [-0.3, -0.25) is 4.90 Å². The third kappa shape index (κ3) is 2.95. The Morgan fingerprint density at radius 3 is 3.00 bits per heavy atom. The van der Waals surface area contributed by atoms with E-state index >= 15 is 0 Å². The van der Waals surface area contributed by atoms with Crippen molar-refractivity contribution < 1.29 is 0 Å². The summed E-state index contributed by atoms with van der Waals surface area (Å²) in [5.41, 5.74) is 0. The van der Waals surface area contributed by atoms with Gasteiger partial charge in [0.25, 0.3) is 0 Å². The Morgan fingerprint density at radius 1 is 1.50 bits per heavy atom. The van der Waals surface area contributed by atoms with Gasteiger partial charge in [0.1, 0.15) is 0 Å². The van der Waals surface area contributed by atoms with Crippen LogP contribution in [0.1, 0.15) is 19.3 Å². The number of hydrogen-bond acceptors (Lipinski definition) is 2. The summed E-state index contributed by atoms with van der Waals surface area (Å²) in [6.07, 6.45) is 8.64. The zero-order valence-electron chi connectivity index (χ0n) is 8.21. The third-order valence-electron chi connectivity index (χ3n) is 2.51. The van der Waals surface area contributed by atoms with Gasteiger partial charge in [-0.15, -0.1) is 0 Å². The smallest absolute Gasteiger partial charge is 0.0275 e. The first-order chi connectivity index (χ1) is 5.84. The van der Waals surface area contributed by atoms with E-state index in [9.17, 15) is 0 Å². The van der Waals surface area contributed by atoms with Crippen LogP contribution in [0.4, 0.5) is 0 Å². The van der Waals surface area contributed by atoms with Crippen LogP contribution < -0.4 is 5.32 Å². The molecular weight excluding hydrogens is 148 g/mol. The second kappa shape index (κ2) is 5.33. The number of likely N-dealkylation sites (N-methyl/N-ethyl adjacent to an activating group) is 2. The molecule has 1 aliphatic heterocycles. The van der Waals surface area contributed by atoms with Crippen molar-refractivity contribution in [3.8, 4) is 0 Å². The highest BCUT2D eigenvalue weighted by Gasteiger charge is 2.14. The molecule has 1 saturated heterocycles. The molecular formula is C10H20N2. The molecule has 2 nitrogen and oxygen atoms in total. The average molecular weight is 168 g/mol. The first-order valence-corrected chi connectivity index (χ1v) is 4.86. The van der Waals surface area contributed by atoms with Crippen LogP contribution >= 0.6 is 0 Å². The third-order valence-corrected chi connectivity index (χ3v) is 2.51. The van der Waals surface area contributed by atoms with Gasteiger partial charge in [0, 0.05) is 12.6 Å². The monoisotopic (exact) mass is 168 g/mol. The summed E-state index contributed by atoms with van der Waals surface area (Å²) in [5.74, 6) is 0. The van der Waals surface area contributed by atoms with Gasteiger partial charge in [-0.05, 0) is 33.5 Å². The van der Waals surface area contributed by atoms with Crippen molar-refractivity contribution in [2.45, 2.75) is 25.3 Å². The van der Waals surface area contributed by atoms with Gasteiger partial charge in [-0.2, -0.15) is 0 Å². The lowest BCUT2D eigenvalue weighted by molar-refractivity contribution is 0.222. The zero-order valence-corrected chi connectivity index (χ0v) is 8.21. The Labute approximate surface area is 75.6 Å². The first-order valence-electron chi connectivity index (χ1n) is 4.86. The van der Waals surface area contributed by atoms with Crippen molar-refractivity contribution >= 4 is 0 Å². The Balaban J connectivity index is 2.28. The van der Waals surface area contributed by atoms with Crippen LogP contribution in [0, 0.1) is 0 Å². The lowest BCUT2D eigenvalue weighted by atomic mass is 10.0. The van der Waals surface area contributed by atoms with E-state index in [2.05, 4.69) is 29.4 Å². The van der Waals surface area contributed by atoms with E-state index in [-0.39, 0.29) is 0 Å². The summed E-state index contributed by atoms with van der Waals surface area (Å²) >= 11 is 0. The Hall–Kier alpha value is -0.340. The van der Waals surface area contributed by atoms with Gasteiger partial charge in [0.2, 0.25) is 0 Å². The molecule has 1 N–H and O–H groups in total. The SMILES string of the molecule is CNC/C=C\C1CCCCN1C. The fourth-order valence-corrected chi connectivity index (χ4v) is 1.69. The maximum absolute atomic E-state index is 3.12. The molecule has 1 heterocycles. The first kappa shape index (κ1) is 9.75. The normalized spacial score (nSPS) is 26.7. The van der Waals surface area contributed by atoms with E-state index in [0.29, 0.717) is 6.04 Å². The van der Waals surface area contributed by atoms with Crippen molar-refractivity contribution in [3.05, 3.63) is 12.2 Å². The largest absolute Gasteiger partial charge is 0.316 e. The molecule has 0 aromatic heterocycles. The molecule has 0 aromatic rings. The summed E-state index contributed by atoms with van der Waals surface area (Å²) in [4.78, 5) is 2.44. The number of nitrogens with zero attached hydrogens (tertiary/aromatic N) is 1. The fraction of sp³-hybridized carbons (Fsp3) is 0.800. The molecule has 0 aromatic carbocycles. The van der Waals surface area contributed by atoms with Gasteiger partial charge in [0.05, 0.1) is 0 Å². The molecule has 0 saturated carbocycles. The van der Waals surface area contributed by atoms with Crippen molar-refractivity contribution in [1.82, 2.24) is 10.2 Å². The molecule has 12 heavy (non-hydrogen) atoms. The van der Waals surface area contributed by atoms with Crippen LogP contribution in [0.5, 0.6) is 0 Å². The number of piperidine rings is 1. The molecule has 0 bridgehead atoms. The minimum atomic E-state index is 0.687. The maximum Gasteiger partial charge on any atom is 0.0275 e. The number of likely N-dealkylation sites (tertiary alicyclic amines) is 1. The molecule has 70 valence electrons. The van der Waals surface area contributed by atoms with E-state index < -0.39 is 0 Å². The summed E-state index contributed by atoms with van der Waals surface area (Å²) in [7, 11) is 4.20. The number of nitrogens with one attached hydrogen (secondary N) is 1. The van der Waals surface area contributed by atoms with Gasteiger partial charge in [-0.25, -0.2) is 0 Å². The summed E-state index contributed by atoms with van der Waals surface area (Å²) in [6, 6.07) is 0.687. The van der Waals surface area contributed by atoms with Gasteiger partial charge in [0.15, 0.2) is 0 Å². The van der Waals surface area contributed by atoms with Crippen LogP contribution in [-0.2, 0) is 0 Å². The minimum absolute atomic E-state index is 0.687. The van der Waals surface area contributed by atoms with Gasteiger partial charge >= 0.3 is 0 Å². The maximum atomic E-state index is 3.12. The molecule has 1 unspecified atom stereocenters. The van der Waals surface area contributed by atoms with Crippen molar-refractivity contribution in [2.24, 2.45) is 0 Å². The van der Waals surface area contributed by atoms with E-state index in [4.69, 9.17) is 0 Å². The molecule has 1 rings (SSSR count). The van der Waals surface area contributed by atoms with Crippen LogP contribution in [0.3, 0.4) is 0 Å². The van der Waals surface area contributed by atoms with Crippen LogP contribution in [-0.4, -0.2) is 38.1 Å². The van der Waals surface area contributed by atoms with Crippen LogP contribution in [0.15, 0.2) is 12.2 Å². The highest BCUT2D eigenvalue weighted by Crippen LogP contribution is 2.15. The van der Waals surface area contributed by atoms with Crippen molar-refractivity contribution in [2.75, 3.05) is 27.2 Å². The predicted molar refractivity (Wildman–Crippen MR) is 53.3 cm³/mol. The molecule has 0 amide bonds. The van der Waals surface area contributed by atoms with Crippen molar-refractivity contribution in [1.29, 1.82) is 0 Å². The zero-order chi connectivity index (χ0) is 8.81. The fourth-order valence-electron chi connectivity index (χ4n) is 1.69. The molecule has 1 fully saturated rings. The predicted octanol–water partition coefficient (Wildman–Crippen LogP) is 1.25. The molecule has 0 radical (unpaired) electrons. The highest BCUT2D eigenvalue weighted by atomic mass is 15.1. The average Bonchev–Trinajstić information content (AvgIpc) is 2.09. The van der Waals surface area contributed by atoms with E-state index in [1.807, 2.05) is 7.05 Å². The summed E-state index contributed by atoms with van der Waals surface area (Å²) in [6.45, 7) is 2.25. The molecule has 0 spiro atoms. The van der Waals surface area contributed by atoms with Crippen LogP contribution in [0.25, 0.3) is 0 Å². The van der Waals surface area contributed by atoms with Gasteiger partial charge < -0.3 is 5.32 Å². The van der Waals surface area contributed by atoms with E-state index in [0.717, 1.165) is 6.54 Å².